The second-order valence-electron chi connectivity index (χ2n) is 7.97. The molecule has 1 aromatic carbocycles. The van der Waals surface area contributed by atoms with Gasteiger partial charge in [0, 0.05) is 4.88 Å². The van der Waals surface area contributed by atoms with Crippen LogP contribution in [0.15, 0.2) is 41.8 Å². The third-order valence-electron chi connectivity index (χ3n) is 6.04. The van der Waals surface area contributed by atoms with Gasteiger partial charge in [0.25, 0.3) is 0 Å². The Morgan fingerprint density at radius 2 is 2.07 bits per heavy atom. The molecule has 0 spiro atoms. The molecule has 140 valence electrons. The summed E-state index contributed by atoms with van der Waals surface area (Å²) >= 11 is 1.82. The Bertz CT molecular complexity index is 959. The van der Waals surface area contributed by atoms with E-state index in [-0.39, 0.29) is 0 Å². The van der Waals surface area contributed by atoms with Crippen LogP contribution in [-0.2, 0) is 12.8 Å². The molecular formula is C22H26N4S. The average Bonchev–Trinajstić information content (AvgIpc) is 3.07. The molecule has 4 nitrogen and oxygen atoms in total. The van der Waals surface area contributed by atoms with Gasteiger partial charge in [0.15, 0.2) is 5.82 Å². The summed E-state index contributed by atoms with van der Waals surface area (Å²) in [6, 6.07) is 10.1. The smallest absolute Gasteiger partial charge is 0.158 e. The number of thiophene rings is 1. The third kappa shape index (κ3) is 3.61. The molecule has 4 rings (SSSR count). The van der Waals surface area contributed by atoms with Crippen molar-refractivity contribution in [2.75, 3.05) is 5.43 Å². The highest BCUT2D eigenvalue weighted by Crippen LogP contribution is 2.45. The first kappa shape index (κ1) is 18.1. The fourth-order valence-electron chi connectivity index (χ4n) is 3.86. The van der Waals surface area contributed by atoms with Gasteiger partial charge in [-0.25, -0.2) is 9.97 Å². The molecule has 5 heteroatoms. The zero-order valence-electron chi connectivity index (χ0n) is 16.2. The first-order valence-corrected chi connectivity index (χ1v) is 10.5. The van der Waals surface area contributed by atoms with E-state index in [1.807, 2.05) is 47.9 Å². The quantitative estimate of drug-likeness (QED) is 0.459. The van der Waals surface area contributed by atoms with Crippen LogP contribution in [0.25, 0.3) is 10.2 Å². The minimum Gasteiger partial charge on any atom is -0.261 e. The van der Waals surface area contributed by atoms with Gasteiger partial charge in [-0.3, -0.25) is 5.43 Å². The maximum Gasteiger partial charge on any atom is 0.158 e. The number of hydrogen-bond donors (Lipinski definition) is 1. The Morgan fingerprint density at radius 3 is 2.85 bits per heavy atom. The Balaban J connectivity index is 1.65. The van der Waals surface area contributed by atoms with Crippen molar-refractivity contribution in [3.05, 3.63) is 52.7 Å². The van der Waals surface area contributed by atoms with Gasteiger partial charge in [-0.15, -0.1) is 11.3 Å². The summed E-state index contributed by atoms with van der Waals surface area (Å²) in [4.78, 5) is 11.6. The number of aromatic nitrogens is 2. The van der Waals surface area contributed by atoms with Crippen molar-refractivity contribution in [3.8, 4) is 0 Å². The molecule has 1 atom stereocenters. The first-order chi connectivity index (χ1) is 13.1. The number of nitrogens with zero attached hydrogens (tertiary/aromatic N) is 3. The van der Waals surface area contributed by atoms with Crippen LogP contribution < -0.4 is 5.43 Å². The largest absolute Gasteiger partial charge is 0.261 e. The monoisotopic (exact) mass is 378 g/mol. The van der Waals surface area contributed by atoms with Gasteiger partial charge in [0.2, 0.25) is 0 Å². The summed E-state index contributed by atoms with van der Waals surface area (Å²) in [6.45, 7) is 7.10. The molecule has 0 radical (unpaired) electrons. The molecular weight excluding hydrogens is 352 g/mol. The fraction of sp³-hybridized carbons (Fsp3) is 0.409. The SMILES string of the molecule is CCC(C)(C)[C@H]1CCc2sc3ncnc(N/N=C\c4ccccc4)c3c2C1. The topological polar surface area (TPSA) is 50.2 Å². The van der Waals surface area contributed by atoms with E-state index in [0.29, 0.717) is 11.3 Å². The highest BCUT2D eigenvalue weighted by molar-refractivity contribution is 7.19. The van der Waals surface area contributed by atoms with Crippen molar-refractivity contribution in [2.24, 2.45) is 16.4 Å². The number of rotatable bonds is 5. The summed E-state index contributed by atoms with van der Waals surface area (Å²) in [5.41, 5.74) is 6.03. The van der Waals surface area contributed by atoms with Gasteiger partial charge < -0.3 is 0 Å². The van der Waals surface area contributed by atoms with Gasteiger partial charge in [0.05, 0.1) is 11.6 Å². The van der Waals surface area contributed by atoms with E-state index >= 15 is 0 Å². The lowest BCUT2D eigenvalue weighted by molar-refractivity contribution is 0.184. The Kier molecular flexibility index (Phi) is 4.96. The minimum absolute atomic E-state index is 0.362. The number of nitrogens with one attached hydrogen (secondary N) is 1. The van der Waals surface area contributed by atoms with Crippen LogP contribution in [0, 0.1) is 11.3 Å². The molecule has 0 aliphatic heterocycles. The van der Waals surface area contributed by atoms with Crippen molar-refractivity contribution < 1.29 is 0 Å². The van der Waals surface area contributed by atoms with E-state index < -0.39 is 0 Å². The van der Waals surface area contributed by atoms with Crippen molar-refractivity contribution in [2.45, 2.75) is 46.5 Å². The van der Waals surface area contributed by atoms with Crippen LogP contribution in [0.2, 0.25) is 0 Å². The lowest BCUT2D eigenvalue weighted by atomic mass is 9.69. The Hall–Kier alpha value is -2.27. The van der Waals surface area contributed by atoms with Crippen molar-refractivity contribution in [1.82, 2.24) is 9.97 Å². The zero-order chi connectivity index (χ0) is 18.9. The van der Waals surface area contributed by atoms with E-state index in [9.17, 15) is 0 Å². The molecule has 2 aromatic heterocycles. The molecule has 0 saturated heterocycles. The summed E-state index contributed by atoms with van der Waals surface area (Å²) < 4.78 is 0. The van der Waals surface area contributed by atoms with Gasteiger partial charge >= 0.3 is 0 Å². The highest BCUT2D eigenvalue weighted by atomic mass is 32.1. The minimum atomic E-state index is 0.362. The number of anilines is 1. The number of benzene rings is 1. The molecule has 0 bridgehead atoms. The Morgan fingerprint density at radius 1 is 1.26 bits per heavy atom. The van der Waals surface area contributed by atoms with E-state index in [0.717, 1.165) is 29.1 Å². The van der Waals surface area contributed by atoms with Gasteiger partial charge in [0.1, 0.15) is 11.2 Å². The molecule has 0 amide bonds. The predicted octanol–water partition coefficient (Wildman–Crippen LogP) is 5.68. The van der Waals surface area contributed by atoms with E-state index in [2.05, 4.69) is 41.3 Å². The maximum absolute atomic E-state index is 4.54. The second kappa shape index (κ2) is 7.39. The van der Waals surface area contributed by atoms with E-state index in [4.69, 9.17) is 0 Å². The van der Waals surface area contributed by atoms with Crippen LogP contribution in [0.3, 0.4) is 0 Å². The van der Waals surface area contributed by atoms with Crippen LogP contribution in [0.1, 0.15) is 49.6 Å². The molecule has 3 aromatic rings. The molecule has 2 heterocycles. The molecule has 1 N–H and O–H groups in total. The maximum atomic E-state index is 4.54. The lowest BCUT2D eigenvalue weighted by Crippen LogP contribution is -2.28. The molecule has 27 heavy (non-hydrogen) atoms. The second-order valence-corrected chi connectivity index (χ2v) is 9.05. The third-order valence-corrected chi connectivity index (χ3v) is 7.24. The summed E-state index contributed by atoms with van der Waals surface area (Å²) in [5.74, 6) is 1.52. The van der Waals surface area contributed by atoms with Crippen molar-refractivity contribution >= 4 is 33.6 Å². The number of aryl methyl sites for hydroxylation is 1. The summed E-state index contributed by atoms with van der Waals surface area (Å²) in [5, 5.41) is 5.58. The normalized spacial score (nSPS) is 17.4. The van der Waals surface area contributed by atoms with E-state index in [1.54, 1.807) is 6.33 Å². The zero-order valence-corrected chi connectivity index (χ0v) is 17.0. The first-order valence-electron chi connectivity index (χ1n) is 9.68. The van der Waals surface area contributed by atoms with Crippen LogP contribution in [0.5, 0.6) is 0 Å². The summed E-state index contributed by atoms with van der Waals surface area (Å²) in [7, 11) is 0. The van der Waals surface area contributed by atoms with Gasteiger partial charge in [-0.1, -0.05) is 57.5 Å². The molecule has 0 fully saturated rings. The van der Waals surface area contributed by atoms with Gasteiger partial charge in [-0.2, -0.15) is 5.10 Å². The predicted molar refractivity (Wildman–Crippen MR) is 115 cm³/mol. The van der Waals surface area contributed by atoms with Crippen LogP contribution in [-0.4, -0.2) is 16.2 Å². The molecule has 0 unspecified atom stereocenters. The van der Waals surface area contributed by atoms with Crippen LogP contribution in [0.4, 0.5) is 5.82 Å². The number of fused-ring (bicyclic) bond motifs is 3. The number of hydrazone groups is 1. The molecule has 1 aliphatic carbocycles. The molecule has 0 saturated carbocycles. The van der Waals surface area contributed by atoms with Crippen molar-refractivity contribution in [1.29, 1.82) is 0 Å². The van der Waals surface area contributed by atoms with Gasteiger partial charge in [-0.05, 0) is 41.7 Å². The average molecular weight is 379 g/mol. The standard InChI is InChI=1S/C22H26N4S/c1-4-22(2,3)16-10-11-18-17(12-16)19-20(23-14-24-21(19)27-18)26-25-13-15-8-6-5-7-9-15/h5-9,13-14,16H,4,10-12H2,1-3H3,(H,23,24,26)/b25-13-/t16-/m0/s1. The van der Waals surface area contributed by atoms with Crippen molar-refractivity contribution in [3.63, 3.8) is 0 Å². The number of hydrogen-bond acceptors (Lipinski definition) is 5. The fourth-order valence-corrected chi connectivity index (χ4v) is 5.04. The highest BCUT2D eigenvalue weighted by Gasteiger charge is 2.33. The molecule has 1 aliphatic rings. The van der Waals surface area contributed by atoms with Crippen LogP contribution >= 0.6 is 11.3 Å². The Labute approximate surface area is 164 Å². The van der Waals surface area contributed by atoms with E-state index in [1.165, 1.54) is 28.7 Å². The summed E-state index contributed by atoms with van der Waals surface area (Å²) in [6.07, 6.45) is 8.20. The lowest BCUT2D eigenvalue weighted by Gasteiger charge is -2.36.